The summed E-state index contributed by atoms with van der Waals surface area (Å²) in [5.41, 5.74) is 0.312. The molecule has 14 heteroatoms. The van der Waals surface area contributed by atoms with E-state index in [0.29, 0.717) is 5.56 Å². The molecule has 0 aliphatic heterocycles. The van der Waals surface area contributed by atoms with Crippen molar-refractivity contribution in [2.75, 3.05) is 0 Å². The zero-order chi connectivity index (χ0) is 20.6. The van der Waals surface area contributed by atoms with Crippen molar-refractivity contribution in [3.8, 4) is 0 Å². The molecule has 1 aromatic rings. The minimum absolute atomic E-state index is 0.312. The van der Waals surface area contributed by atoms with Gasteiger partial charge < -0.3 is 0 Å². The molecular weight excluding hydrogens is 1020 g/mol. The Bertz CT molecular complexity index is 789. The molecule has 148 valence electrons. The number of rotatable bonds is 2. The highest BCUT2D eigenvalue weighted by Gasteiger charge is 2.88. The predicted octanol–water partition coefficient (Wildman–Crippen LogP) is 8.21. The van der Waals surface area contributed by atoms with E-state index in [-0.39, 0.29) is 0 Å². The van der Waals surface area contributed by atoms with Crippen molar-refractivity contribution in [3.05, 3.63) is 35.9 Å². The number of alkyl halides is 10. The van der Waals surface area contributed by atoms with Crippen LogP contribution in [-0.4, -0.2) is 29.1 Å². The van der Waals surface area contributed by atoms with Crippen LogP contribution in [0.2, 0.25) is 0 Å². The second-order valence-electron chi connectivity index (χ2n) is 5.39. The molecule has 0 spiro atoms. The van der Waals surface area contributed by atoms with Crippen LogP contribution in [0.3, 0.4) is 0 Å². The van der Waals surface area contributed by atoms with E-state index in [4.69, 9.17) is 0 Å². The van der Waals surface area contributed by atoms with Crippen molar-refractivity contribution < 1.29 is 13.0 Å². The Balaban J connectivity index is 3.18. The smallest absolute Gasteiger partial charge is 0.279 e. The molecule has 0 amide bonds. The monoisotopic (exact) mass is 1020 g/mol. The van der Waals surface area contributed by atoms with E-state index >= 15 is 0 Å². The second-order valence-corrected chi connectivity index (χ2v) is 24.2. The fourth-order valence-corrected chi connectivity index (χ4v) is 18.2. The lowest BCUT2D eigenvalue weighted by Gasteiger charge is -2.66. The zero-order valence-corrected chi connectivity index (χ0v) is 28.5. The number of hydrogen-bond donors (Lipinski definition) is 1. The summed E-state index contributed by atoms with van der Waals surface area (Å²) in [4.78, 5) is 0. The maximum absolute atomic E-state index is 13.0. The summed E-state index contributed by atoms with van der Waals surface area (Å²) in [6, 6.07) is 8.36. The molecule has 3 nitrogen and oxygen atoms in total. The van der Waals surface area contributed by atoms with Crippen molar-refractivity contribution in [2.24, 2.45) is 0 Å². The van der Waals surface area contributed by atoms with Gasteiger partial charge in [0, 0.05) is 0 Å². The first kappa shape index (κ1) is 26.2. The summed E-state index contributed by atoms with van der Waals surface area (Å²) >= 11 is 35.7. The summed E-state index contributed by atoms with van der Waals surface area (Å²) in [6.45, 7) is 0. The molecule has 26 heavy (non-hydrogen) atoms. The summed E-state index contributed by atoms with van der Waals surface area (Å²) in [7, 11) is -4.80. The van der Waals surface area contributed by atoms with E-state index in [1.165, 1.54) is 0 Å². The number of halogens is 10. The third kappa shape index (κ3) is 3.09. The van der Waals surface area contributed by atoms with Crippen LogP contribution in [0.15, 0.2) is 30.3 Å². The van der Waals surface area contributed by atoms with Gasteiger partial charge >= 0.3 is 0 Å². The van der Waals surface area contributed by atoms with Gasteiger partial charge in [0.05, 0.1) is 0 Å². The van der Waals surface area contributed by atoms with Crippen molar-refractivity contribution in [1.29, 1.82) is 0 Å². The summed E-state index contributed by atoms with van der Waals surface area (Å²) in [6.07, 6.45) is 0. The van der Waals surface area contributed by atoms with E-state index in [1.54, 1.807) is 30.3 Å². The molecule has 1 aliphatic rings. The van der Waals surface area contributed by atoms with Gasteiger partial charge in [-0.2, -0.15) is 8.42 Å². The predicted molar refractivity (Wildman–Crippen MR) is 143 cm³/mol. The molecular formula is C12H6Br10O3S. The maximum atomic E-state index is 13.0. The molecule has 0 heterocycles. The molecule has 0 aromatic heterocycles. The minimum Gasteiger partial charge on any atom is -0.285 e. The molecule has 1 fully saturated rings. The van der Waals surface area contributed by atoms with E-state index in [0.717, 1.165) is 0 Å². The van der Waals surface area contributed by atoms with Gasteiger partial charge in [0.25, 0.3) is 10.1 Å². The van der Waals surface area contributed by atoms with Crippen LogP contribution in [-0.2, 0) is 14.9 Å². The van der Waals surface area contributed by atoms with E-state index < -0.39 is 31.0 Å². The maximum Gasteiger partial charge on any atom is 0.279 e. The third-order valence-corrected chi connectivity index (χ3v) is 27.1. The lowest BCUT2D eigenvalue weighted by Crippen LogP contribution is -2.80. The Morgan fingerprint density at radius 2 is 0.923 bits per heavy atom. The fourth-order valence-electron chi connectivity index (χ4n) is 2.74. The summed E-state index contributed by atoms with van der Waals surface area (Å²) < 4.78 is 28.0. The van der Waals surface area contributed by atoms with Crippen LogP contribution in [0.1, 0.15) is 5.56 Å². The van der Waals surface area contributed by atoms with Gasteiger partial charge in [-0.3, -0.25) is 4.55 Å². The van der Waals surface area contributed by atoms with Crippen molar-refractivity contribution >= 4 is 169 Å². The van der Waals surface area contributed by atoms with Gasteiger partial charge in [-0.1, -0.05) is 190 Å². The normalized spacial score (nSPS) is 27.7. The van der Waals surface area contributed by atoms with Gasteiger partial charge in [0.2, 0.25) is 0 Å². The van der Waals surface area contributed by atoms with Crippen LogP contribution < -0.4 is 0 Å². The SMILES string of the molecule is O=S(=O)(O)C1(c2ccccc2)C(Br)(Br)C(Br)(Br)C(Br)(Br)C(Br)(Br)C1(Br)Br. The lowest BCUT2D eigenvalue weighted by molar-refractivity contribution is 0.342. The van der Waals surface area contributed by atoms with Crippen molar-refractivity contribution in [1.82, 2.24) is 0 Å². The summed E-state index contributed by atoms with van der Waals surface area (Å²) in [5, 5.41) is 0. The van der Waals surface area contributed by atoms with Gasteiger partial charge in [-0.05, 0) is 5.56 Å². The first-order valence-corrected chi connectivity index (χ1v) is 15.6. The Morgan fingerprint density at radius 3 is 1.23 bits per heavy atom. The van der Waals surface area contributed by atoms with E-state index in [2.05, 4.69) is 159 Å². The van der Waals surface area contributed by atoms with Gasteiger partial charge in [0.15, 0.2) is 4.75 Å². The molecule has 0 bridgehead atoms. The molecule has 1 saturated carbocycles. The van der Waals surface area contributed by atoms with Crippen LogP contribution in [0, 0.1) is 0 Å². The lowest BCUT2D eigenvalue weighted by atomic mass is 9.81. The molecule has 0 unspecified atom stereocenters. The van der Waals surface area contributed by atoms with Gasteiger partial charge in [-0.25, -0.2) is 0 Å². The average Bonchev–Trinajstić information content (AvgIpc) is 2.45. The van der Waals surface area contributed by atoms with Gasteiger partial charge in [-0.15, -0.1) is 0 Å². The number of benzene rings is 1. The van der Waals surface area contributed by atoms with Crippen molar-refractivity contribution in [2.45, 2.75) is 20.9 Å². The molecule has 0 saturated heterocycles. The molecule has 0 radical (unpaired) electrons. The standard InChI is InChI=1S/C12H6Br10O3S/c13-8(14)7(26(23,24)25,6-4-2-1-3-5-6)9(15,16)11(19,20)12(21,22)10(8,17)18/h1-5H,(H,23,24,25). The molecule has 1 N–H and O–H groups in total. The van der Waals surface area contributed by atoms with Crippen molar-refractivity contribution in [3.63, 3.8) is 0 Å². The first-order valence-electron chi connectivity index (χ1n) is 6.27. The summed E-state index contributed by atoms with van der Waals surface area (Å²) in [5.74, 6) is 0. The average molecular weight is 1030 g/mol. The third-order valence-electron chi connectivity index (χ3n) is 4.03. The highest BCUT2D eigenvalue weighted by Crippen LogP contribution is 2.83. The Hall–Kier alpha value is 3.93. The van der Waals surface area contributed by atoms with Gasteiger partial charge in [0.1, 0.15) is 16.2 Å². The van der Waals surface area contributed by atoms with Crippen LogP contribution in [0.5, 0.6) is 0 Å². The van der Waals surface area contributed by atoms with E-state index in [1.807, 2.05) is 0 Å². The van der Waals surface area contributed by atoms with Crippen LogP contribution >= 0.6 is 159 Å². The second kappa shape index (κ2) is 7.76. The Labute approximate surface area is 235 Å². The topological polar surface area (TPSA) is 54.4 Å². The molecule has 1 aromatic carbocycles. The molecule has 0 atom stereocenters. The number of hydrogen-bond acceptors (Lipinski definition) is 2. The molecule has 1 aliphatic carbocycles. The minimum atomic E-state index is -4.80. The largest absolute Gasteiger partial charge is 0.285 e. The Kier molecular flexibility index (Phi) is 7.81. The quantitative estimate of drug-likeness (QED) is 0.240. The van der Waals surface area contributed by atoms with Crippen LogP contribution in [0.4, 0.5) is 0 Å². The first-order chi connectivity index (χ1) is 11.4. The van der Waals surface area contributed by atoms with Crippen LogP contribution in [0.25, 0.3) is 0 Å². The zero-order valence-electron chi connectivity index (χ0n) is 11.8. The highest BCUT2D eigenvalue weighted by atomic mass is 79.9. The Morgan fingerprint density at radius 1 is 0.615 bits per heavy atom. The molecule has 2 rings (SSSR count). The highest BCUT2D eigenvalue weighted by molar-refractivity contribution is 9.35. The fraction of sp³-hybridized carbons (Fsp3) is 0.500. The van der Waals surface area contributed by atoms with E-state index in [9.17, 15) is 13.0 Å².